The topological polar surface area (TPSA) is 9.23 Å². The minimum Gasteiger partial charge on any atom is -0.381 e. The van der Waals surface area contributed by atoms with Gasteiger partial charge in [-0.3, -0.25) is 0 Å². The lowest BCUT2D eigenvalue weighted by Crippen LogP contribution is -2.66. The summed E-state index contributed by atoms with van der Waals surface area (Å²) in [6.07, 6.45) is 10.8. The molecule has 1 nitrogen and oxygen atoms in total. The Morgan fingerprint density at radius 1 is 1.00 bits per heavy atom. The molecule has 0 aliphatic heterocycles. The normalized spacial score (nSPS) is 59.4. The van der Waals surface area contributed by atoms with Crippen LogP contribution >= 0.6 is 0 Å². The molecule has 0 saturated heterocycles. The largest absolute Gasteiger partial charge is 0.381 e. The van der Waals surface area contributed by atoms with Gasteiger partial charge in [-0.05, 0) is 74.0 Å². The summed E-state index contributed by atoms with van der Waals surface area (Å²) in [4.78, 5) is 0. The van der Waals surface area contributed by atoms with Gasteiger partial charge in [-0.1, -0.05) is 0 Å². The molecule has 1 heteroatoms. The minimum absolute atomic E-state index is 0.633. The highest BCUT2D eigenvalue weighted by Gasteiger charge is 2.70. The molecule has 0 aromatic heterocycles. The van der Waals surface area contributed by atoms with E-state index in [2.05, 4.69) is 6.92 Å². The average Bonchev–Trinajstić information content (AvgIpc) is 2.10. The third-order valence-electron chi connectivity index (χ3n) is 5.78. The summed E-state index contributed by atoms with van der Waals surface area (Å²) in [5.74, 6) is 1.08. The maximum Gasteiger partial charge on any atom is 0.0522 e. The molecule has 7 rings (SSSR count). The van der Waals surface area contributed by atoms with Crippen molar-refractivity contribution in [3.8, 4) is 0 Å². The van der Waals surface area contributed by atoms with Crippen molar-refractivity contribution < 1.29 is 4.74 Å². The van der Waals surface area contributed by atoms with E-state index in [0.29, 0.717) is 5.41 Å². The van der Waals surface area contributed by atoms with Crippen molar-refractivity contribution in [1.29, 1.82) is 0 Å². The first-order valence-electron chi connectivity index (χ1n) is 6.75. The monoisotopic (exact) mass is 206 g/mol. The molecule has 0 heterocycles. The summed E-state index contributed by atoms with van der Waals surface area (Å²) in [6.45, 7) is 4.12. The molecule has 0 amide bonds. The van der Waals surface area contributed by atoms with Crippen molar-refractivity contribution in [2.75, 3.05) is 13.2 Å². The molecule has 0 radical (unpaired) electrons. The van der Waals surface area contributed by atoms with Gasteiger partial charge in [0.25, 0.3) is 0 Å². The number of hydrogen-bond donors (Lipinski definition) is 0. The van der Waals surface area contributed by atoms with E-state index in [9.17, 15) is 0 Å². The molecule has 15 heavy (non-hydrogen) atoms. The van der Waals surface area contributed by atoms with Crippen LogP contribution in [0.1, 0.15) is 51.9 Å². The van der Waals surface area contributed by atoms with Crippen LogP contribution in [0.4, 0.5) is 0 Å². The molecule has 4 bridgehead atoms. The SMILES string of the molecule is CCOCC12CC3CC4(C1)CC(C3)(C2)C4. The van der Waals surface area contributed by atoms with Crippen LogP contribution in [0.2, 0.25) is 0 Å². The third-order valence-corrected chi connectivity index (χ3v) is 5.78. The smallest absolute Gasteiger partial charge is 0.0522 e. The average molecular weight is 206 g/mol. The van der Waals surface area contributed by atoms with Crippen LogP contribution in [-0.2, 0) is 4.74 Å². The van der Waals surface area contributed by atoms with E-state index >= 15 is 0 Å². The Balaban J connectivity index is 1.64. The van der Waals surface area contributed by atoms with Gasteiger partial charge >= 0.3 is 0 Å². The molecular weight excluding hydrogens is 184 g/mol. The van der Waals surface area contributed by atoms with Crippen LogP contribution in [0.15, 0.2) is 0 Å². The van der Waals surface area contributed by atoms with Crippen molar-refractivity contribution in [2.45, 2.75) is 51.9 Å². The third kappa shape index (κ3) is 1.03. The maximum atomic E-state index is 5.78. The lowest BCUT2D eigenvalue weighted by molar-refractivity contribution is -0.266. The molecule has 0 atom stereocenters. The molecule has 0 unspecified atom stereocenters. The van der Waals surface area contributed by atoms with Gasteiger partial charge in [-0.2, -0.15) is 0 Å². The molecule has 84 valence electrons. The van der Waals surface area contributed by atoms with E-state index in [0.717, 1.165) is 30.0 Å². The van der Waals surface area contributed by atoms with E-state index in [4.69, 9.17) is 4.74 Å². The second-order valence-electron chi connectivity index (χ2n) is 7.32. The molecule has 0 N–H and O–H groups in total. The first-order valence-corrected chi connectivity index (χ1v) is 6.75. The quantitative estimate of drug-likeness (QED) is 0.688. The van der Waals surface area contributed by atoms with Crippen LogP contribution < -0.4 is 0 Å². The molecule has 2 spiro atoms. The van der Waals surface area contributed by atoms with Crippen molar-refractivity contribution >= 4 is 0 Å². The van der Waals surface area contributed by atoms with E-state index in [1.807, 2.05) is 0 Å². The lowest BCUT2D eigenvalue weighted by atomic mass is 9.29. The van der Waals surface area contributed by atoms with Gasteiger partial charge in [0.15, 0.2) is 0 Å². The Morgan fingerprint density at radius 3 is 2.20 bits per heavy atom. The summed E-state index contributed by atoms with van der Waals surface area (Å²) in [5.41, 5.74) is 2.26. The Bertz CT molecular complexity index is 269. The first kappa shape index (κ1) is 9.04. The van der Waals surface area contributed by atoms with Gasteiger partial charge in [-0.25, -0.2) is 0 Å². The Kier molecular flexibility index (Phi) is 1.47. The van der Waals surface area contributed by atoms with Crippen molar-refractivity contribution in [3.63, 3.8) is 0 Å². The van der Waals surface area contributed by atoms with Crippen molar-refractivity contribution in [2.24, 2.45) is 22.2 Å². The Hall–Kier alpha value is -0.0400. The van der Waals surface area contributed by atoms with Gasteiger partial charge in [0.05, 0.1) is 6.61 Å². The summed E-state index contributed by atoms with van der Waals surface area (Å²) in [7, 11) is 0. The number of hydrogen-bond acceptors (Lipinski definition) is 1. The fourth-order valence-corrected chi connectivity index (χ4v) is 6.55. The van der Waals surface area contributed by atoms with Crippen LogP contribution in [0, 0.1) is 22.2 Å². The van der Waals surface area contributed by atoms with Crippen molar-refractivity contribution in [3.05, 3.63) is 0 Å². The van der Waals surface area contributed by atoms with Gasteiger partial charge in [0.2, 0.25) is 0 Å². The Morgan fingerprint density at radius 2 is 1.67 bits per heavy atom. The lowest BCUT2D eigenvalue weighted by Gasteiger charge is -2.76. The van der Waals surface area contributed by atoms with Crippen molar-refractivity contribution in [1.82, 2.24) is 0 Å². The highest BCUT2D eigenvalue weighted by atomic mass is 16.5. The zero-order valence-electron chi connectivity index (χ0n) is 9.85. The summed E-state index contributed by atoms with van der Waals surface area (Å²) >= 11 is 0. The molecular formula is C14H22O. The van der Waals surface area contributed by atoms with Gasteiger partial charge in [0, 0.05) is 6.61 Å². The summed E-state index contributed by atoms with van der Waals surface area (Å²) in [6, 6.07) is 0. The highest BCUT2D eigenvalue weighted by Crippen LogP contribution is 2.80. The molecule has 7 aliphatic carbocycles. The maximum absolute atomic E-state index is 5.78. The second-order valence-corrected chi connectivity index (χ2v) is 7.32. The first-order chi connectivity index (χ1) is 7.17. The fourth-order valence-electron chi connectivity index (χ4n) is 6.55. The van der Waals surface area contributed by atoms with Crippen LogP contribution in [0.5, 0.6) is 0 Å². The van der Waals surface area contributed by atoms with E-state index < -0.39 is 0 Å². The predicted molar refractivity (Wildman–Crippen MR) is 59.6 cm³/mol. The minimum atomic E-state index is 0.633. The molecule has 0 aromatic rings. The number of ether oxygens (including phenoxy) is 1. The van der Waals surface area contributed by atoms with E-state index in [1.54, 1.807) is 25.7 Å². The Labute approximate surface area is 92.6 Å². The van der Waals surface area contributed by atoms with E-state index in [1.165, 1.54) is 19.3 Å². The van der Waals surface area contributed by atoms with Crippen LogP contribution in [0.3, 0.4) is 0 Å². The zero-order valence-corrected chi connectivity index (χ0v) is 9.85. The second kappa shape index (κ2) is 2.45. The van der Waals surface area contributed by atoms with Gasteiger partial charge in [0.1, 0.15) is 0 Å². The number of rotatable bonds is 3. The summed E-state index contributed by atoms with van der Waals surface area (Å²) < 4.78 is 5.78. The van der Waals surface area contributed by atoms with Gasteiger partial charge in [-0.15, -0.1) is 0 Å². The van der Waals surface area contributed by atoms with E-state index in [-0.39, 0.29) is 0 Å². The fraction of sp³-hybridized carbons (Fsp3) is 1.00. The molecule has 7 aliphatic rings. The zero-order chi connectivity index (χ0) is 10.1. The molecule has 0 aromatic carbocycles. The predicted octanol–water partition coefficient (Wildman–Crippen LogP) is 3.38. The molecule has 7 fully saturated rings. The standard InChI is InChI=1S/C14H22O/c1-2-15-10-14-5-11-3-12(8-14)6-13(4-11,7-12)9-14/h11H,2-10H2,1H3. The van der Waals surface area contributed by atoms with Crippen LogP contribution in [-0.4, -0.2) is 13.2 Å². The molecule has 7 saturated carbocycles. The van der Waals surface area contributed by atoms with Crippen LogP contribution in [0.25, 0.3) is 0 Å². The summed E-state index contributed by atoms with van der Waals surface area (Å²) in [5, 5.41) is 0. The highest BCUT2D eigenvalue weighted by molar-refractivity contribution is 5.21. The van der Waals surface area contributed by atoms with Gasteiger partial charge < -0.3 is 4.74 Å².